The van der Waals surface area contributed by atoms with Crippen LogP contribution in [0.4, 0.5) is 4.39 Å². The lowest BCUT2D eigenvalue weighted by atomic mass is 9.97. The summed E-state index contributed by atoms with van der Waals surface area (Å²) in [4.78, 5) is 15.0. The maximum Gasteiger partial charge on any atom is 0.297 e. The largest absolute Gasteiger partial charge is 0.505 e. The van der Waals surface area contributed by atoms with Crippen molar-refractivity contribution in [1.29, 1.82) is 0 Å². The van der Waals surface area contributed by atoms with Crippen molar-refractivity contribution in [3.63, 3.8) is 0 Å². The second-order valence-corrected chi connectivity index (χ2v) is 4.97. The molecule has 0 radical (unpaired) electrons. The average Bonchev–Trinajstić information content (AvgIpc) is 2.55. The van der Waals surface area contributed by atoms with Crippen molar-refractivity contribution in [2.75, 3.05) is 0 Å². The van der Waals surface area contributed by atoms with E-state index >= 15 is 0 Å². The Balaban J connectivity index is 2.52. The Morgan fingerprint density at radius 3 is 2.70 bits per heavy atom. The maximum absolute atomic E-state index is 13.2. The number of aromatic hydroxyl groups is 1. The number of hydrogen-bond donors (Lipinski definition) is 5. The number of aliphatic hydroxyl groups excluding tert-OH is 2. The highest BCUT2D eigenvalue weighted by Crippen LogP contribution is 2.32. The second-order valence-electron chi connectivity index (χ2n) is 4.56. The lowest BCUT2D eigenvalue weighted by Crippen LogP contribution is -2.21. The number of pyridine rings is 1. The van der Waals surface area contributed by atoms with Gasteiger partial charge >= 0.3 is 0 Å². The Kier molecular flexibility index (Phi) is 5.12. The lowest BCUT2D eigenvalue weighted by Gasteiger charge is -2.17. The Hall–Kier alpha value is -2.26. The van der Waals surface area contributed by atoms with Crippen LogP contribution in [0.25, 0.3) is 0 Å². The van der Waals surface area contributed by atoms with Crippen LogP contribution in [0.3, 0.4) is 0 Å². The van der Waals surface area contributed by atoms with Gasteiger partial charge in [-0.1, -0.05) is 17.7 Å². The molecule has 0 unspecified atom stereocenters. The molecule has 0 saturated heterocycles. The zero-order valence-electron chi connectivity index (χ0n) is 11.5. The zero-order valence-corrected chi connectivity index (χ0v) is 12.3. The summed E-state index contributed by atoms with van der Waals surface area (Å²) in [6.07, 6.45) is -0.322. The number of benzene rings is 1. The molecule has 1 aromatic carbocycles. The normalized spacial score (nSPS) is 12.0. The van der Waals surface area contributed by atoms with E-state index in [2.05, 4.69) is 4.98 Å². The number of nitrogens with zero attached hydrogens (tertiary/aromatic N) is 1. The number of aliphatic hydroxyl groups is 2. The minimum atomic E-state index is -1.38. The second kappa shape index (κ2) is 6.88. The van der Waals surface area contributed by atoms with Crippen LogP contribution in [0, 0.1) is 5.82 Å². The number of hydroxylamine groups is 1. The third-order valence-corrected chi connectivity index (χ3v) is 3.51. The molecule has 2 rings (SSSR count). The summed E-state index contributed by atoms with van der Waals surface area (Å²) in [5, 5.41) is 38.1. The smallest absolute Gasteiger partial charge is 0.297 e. The molecule has 0 aliphatic carbocycles. The standard InChI is InChI=1S/C14H12ClFN2O5/c15-9-3-6(1-2-10(9)16)12(20)7-4-17-11(14(22)18-23)13(21)8(7)5-19/h1-4,12,19-21,23H,5H2,(H,18,22)/t12-/m1/s1. The molecule has 2 aromatic rings. The first-order valence-corrected chi connectivity index (χ1v) is 6.67. The van der Waals surface area contributed by atoms with Crippen molar-refractivity contribution >= 4 is 17.5 Å². The minimum absolute atomic E-state index is 0.00200. The van der Waals surface area contributed by atoms with E-state index in [1.54, 1.807) is 0 Å². The van der Waals surface area contributed by atoms with Gasteiger partial charge in [0.25, 0.3) is 5.91 Å². The molecule has 0 aliphatic rings. The van der Waals surface area contributed by atoms with Gasteiger partial charge in [-0.3, -0.25) is 10.0 Å². The van der Waals surface area contributed by atoms with Gasteiger partial charge in [0.1, 0.15) is 11.9 Å². The van der Waals surface area contributed by atoms with Gasteiger partial charge in [-0.2, -0.15) is 0 Å². The number of carbonyl (C=O) groups is 1. The van der Waals surface area contributed by atoms with Gasteiger partial charge in [-0.05, 0) is 17.7 Å². The third-order valence-electron chi connectivity index (χ3n) is 3.22. The fourth-order valence-electron chi connectivity index (χ4n) is 2.04. The van der Waals surface area contributed by atoms with Crippen LogP contribution in [-0.4, -0.2) is 31.4 Å². The van der Waals surface area contributed by atoms with Crippen LogP contribution < -0.4 is 5.48 Å². The molecule has 0 spiro atoms. The van der Waals surface area contributed by atoms with Crippen molar-refractivity contribution in [2.24, 2.45) is 0 Å². The topological polar surface area (TPSA) is 123 Å². The first-order valence-electron chi connectivity index (χ1n) is 6.29. The van der Waals surface area contributed by atoms with Crippen molar-refractivity contribution in [2.45, 2.75) is 12.7 Å². The van der Waals surface area contributed by atoms with E-state index in [0.717, 1.165) is 12.3 Å². The van der Waals surface area contributed by atoms with E-state index in [-0.39, 0.29) is 21.7 Å². The fourth-order valence-corrected chi connectivity index (χ4v) is 2.22. The third kappa shape index (κ3) is 3.25. The summed E-state index contributed by atoms with van der Waals surface area (Å²) in [7, 11) is 0. The van der Waals surface area contributed by atoms with E-state index in [4.69, 9.17) is 16.8 Å². The molecule has 9 heteroatoms. The number of carbonyl (C=O) groups excluding carboxylic acids is 1. The molecule has 1 aromatic heterocycles. The molecule has 0 saturated carbocycles. The predicted molar refractivity (Wildman–Crippen MR) is 76.5 cm³/mol. The molecule has 0 aliphatic heterocycles. The van der Waals surface area contributed by atoms with Crippen LogP contribution in [0.5, 0.6) is 5.75 Å². The fraction of sp³-hybridized carbons (Fsp3) is 0.143. The number of amides is 1. The molecular formula is C14H12ClFN2O5. The number of rotatable bonds is 4. The van der Waals surface area contributed by atoms with Crippen LogP contribution >= 0.6 is 11.6 Å². The van der Waals surface area contributed by atoms with Gasteiger partial charge in [-0.15, -0.1) is 0 Å². The molecule has 1 atom stereocenters. The maximum atomic E-state index is 13.2. The summed E-state index contributed by atoms with van der Waals surface area (Å²) >= 11 is 5.65. The zero-order chi connectivity index (χ0) is 17.1. The molecule has 1 amide bonds. The van der Waals surface area contributed by atoms with Gasteiger partial charge in [0.15, 0.2) is 11.4 Å². The van der Waals surface area contributed by atoms with Gasteiger partial charge in [0.2, 0.25) is 0 Å². The summed E-state index contributed by atoms with van der Waals surface area (Å²) in [6.45, 7) is -0.707. The van der Waals surface area contributed by atoms with Crippen molar-refractivity contribution in [3.8, 4) is 5.75 Å². The average molecular weight is 343 g/mol. The summed E-state index contributed by atoms with van der Waals surface area (Å²) in [5.41, 5.74) is 0.821. The summed E-state index contributed by atoms with van der Waals surface area (Å²) < 4.78 is 13.2. The van der Waals surface area contributed by atoms with Crippen molar-refractivity contribution in [3.05, 3.63) is 57.6 Å². The van der Waals surface area contributed by atoms with Crippen LogP contribution in [0.1, 0.15) is 33.3 Å². The molecular weight excluding hydrogens is 331 g/mol. The molecule has 0 bridgehead atoms. The van der Waals surface area contributed by atoms with Crippen molar-refractivity contribution < 1.29 is 29.7 Å². The van der Waals surface area contributed by atoms with Crippen LogP contribution in [-0.2, 0) is 6.61 Å². The molecule has 23 heavy (non-hydrogen) atoms. The first kappa shape index (κ1) is 17.1. The molecule has 7 nitrogen and oxygen atoms in total. The number of nitrogens with one attached hydrogen (secondary N) is 1. The van der Waals surface area contributed by atoms with E-state index in [1.807, 2.05) is 0 Å². The molecule has 5 N–H and O–H groups in total. The predicted octanol–water partition coefficient (Wildman–Crippen LogP) is 1.27. The number of hydrogen-bond acceptors (Lipinski definition) is 6. The molecule has 122 valence electrons. The minimum Gasteiger partial charge on any atom is -0.505 e. The highest BCUT2D eigenvalue weighted by atomic mass is 35.5. The quantitative estimate of drug-likeness (QED) is 0.421. The number of halogens is 2. The highest BCUT2D eigenvalue weighted by molar-refractivity contribution is 6.30. The highest BCUT2D eigenvalue weighted by Gasteiger charge is 2.23. The number of aromatic nitrogens is 1. The van der Waals surface area contributed by atoms with Crippen LogP contribution in [0.2, 0.25) is 5.02 Å². The monoisotopic (exact) mass is 342 g/mol. The lowest BCUT2D eigenvalue weighted by molar-refractivity contribution is 0.0696. The van der Waals surface area contributed by atoms with E-state index in [1.165, 1.54) is 17.6 Å². The Morgan fingerprint density at radius 1 is 1.43 bits per heavy atom. The van der Waals surface area contributed by atoms with Gasteiger partial charge in [0, 0.05) is 17.3 Å². The van der Waals surface area contributed by atoms with Gasteiger partial charge in [-0.25, -0.2) is 14.9 Å². The Bertz CT molecular complexity index is 756. The van der Waals surface area contributed by atoms with Gasteiger partial charge in [0.05, 0.1) is 11.6 Å². The Morgan fingerprint density at radius 2 is 2.13 bits per heavy atom. The van der Waals surface area contributed by atoms with E-state index in [9.17, 15) is 24.5 Å². The first-order chi connectivity index (χ1) is 10.9. The van der Waals surface area contributed by atoms with Gasteiger partial charge < -0.3 is 15.3 Å². The Labute approximate surface area is 134 Å². The SMILES string of the molecule is O=C(NO)c1ncc([C@H](O)c2ccc(F)c(Cl)c2)c(CO)c1O. The summed E-state index contributed by atoms with van der Waals surface area (Å²) in [5.74, 6) is -2.44. The molecule has 1 heterocycles. The van der Waals surface area contributed by atoms with E-state index < -0.39 is 35.9 Å². The van der Waals surface area contributed by atoms with Crippen molar-refractivity contribution in [1.82, 2.24) is 10.5 Å². The summed E-state index contributed by atoms with van der Waals surface area (Å²) in [6, 6.07) is 3.52. The molecule has 0 fully saturated rings. The van der Waals surface area contributed by atoms with Crippen LogP contribution in [0.15, 0.2) is 24.4 Å². The van der Waals surface area contributed by atoms with E-state index in [0.29, 0.717) is 0 Å².